The minimum atomic E-state index is -3.49. The highest BCUT2D eigenvalue weighted by atomic mass is 32.2. The number of anilines is 2. The van der Waals surface area contributed by atoms with Crippen molar-refractivity contribution < 1.29 is 17.9 Å². The van der Waals surface area contributed by atoms with Crippen molar-refractivity contribution in [2.75, 3.05) is 29.5 Å². The van der Waals surface area contributed by atoms with Crippen molar-refractivity contribution in [1.29, 1.82) is 5.26 Å². The number of rotatable bonds is 9. The highest BCUT2D eigenvalue weighted by Gasteiger charge is 2.18. The molecule has 2 aromatic carbocycles. The number of carbonyl (C=O) groups is 1. The third kappa shape index (κ3) is 6.28. The van der Waals surface area contributed by atoms with E-state index >= 15 is 0 Å². The molecule has 1 amide bonds. The van der Waals surface area contributed by atoms with E-state index in [4.69, 9.17) is 10.00 Å². The predicted octanol–water partition coefficient (Wildman–Crippen LogP) is 2.95. The molecule has 2 rings (SSSR count). The van der Waals surface area contributed by atoms with Crippen LogP contribution in [-0.2, 0) is 21.2 Å². The van der Waals surface area contributed by atoms with Gasteiger partial charge in [-0.2, -0.15) is 5.26 Å². The quantitative estimate of drug-likeness (QED) is 0.696. The van der Waals surface area contributed by atoms with E-state index in [-0.39, 0.29) is 18.9 Å². The van der Waals surface area contributed by atoms with Gasteiger partial charge in [0.1, 0.15) is 5.75 Å². The first kappa shape index (κ1) is 21.3. The van der Waals surface area contributed by atoms with Gasteiger partial charge < -0.3 is 10.1 Å². The SMILES string of the molecule is COc1cccc(N(CCCC(=O)Nc2ccc(CC#N)cc2)S(C)(=O)=O)c1. The number of amides is 1. The molecule has 0 radical (unpaired) electrons. The summed E-state index contributed by atoms with van der Waals surface area (Å²) in [7, 11) is -1.98. The largest absolute Gasteiger partial charge is 0.497 e. The molecule has 0 fully saturated rings. The van der Waals surface area contributed by atoms with E-state index in [1.54, 1.807) is 48.5 Å². The van der Waals surface area contributed by atoms with E-state index in [1.165, 1.54) is 11.4 Å². The van der Waals surface area contributed by atoms with E-state index in [1.807, 2.05) is 0 Å². The summed E-state index contributed by atoms with van der Waals surface area (Å²) in [5.74, 6) is 0.357. The first-order valence-electron chi connectivity index (χ1n) is 8.71. The van der Waals surface area contributed by atoms with Crippen molar-refractivity contribution in [1.82, 2.24) is 0 Å². The van der Waals surface area contributed by atoms with Gasteiger partial charge in [-0.05, 0) is 36.2 Å². The number of methoxy groups -OCH3 is 1. The fourth-order valence-corrected chi connectivity index (χ4v) is 3.61. The molecule has 0 aromatic heterocycles. The van der Waals surface area contributed by atoms with Gasteiger partial charge in [0.15, 0.2) is 0 Å². The molecule has 0 heterocycles. The van der Waals surface area contributed by atoms with Gasteiger partial charge in [-0.25, -0.2) is 8.42 Å². The van der Waals surface area contributed by atoms with Crippen LogP contribution in [0.15, 0.2) is 48.5 Å². The van der Waals surface area contributed by atoms with Crippen molar-refractivity contribution in [3.05, 3.63) is 54.1 Å². The molecule has 1 N–H and O–H groups in total. The van der Waals surface area contributed by atoms with Crippen LogP contribution in [0.1, 0.15) is 18.4 Å². The topological polar surface area (TPSA) is 99.5 Å². The summed E-state index contributed by atoms with van der Waals surface area (Å²) in [5, 5.41) is 11.4. The third-order valence-electron chi connectivity index (χ3n) is 4.03. The molecule has 0 saturated heterocycles. The Labute approximate surface area is 165 Å². The highest BCUT2D eigenvalue weighted by Crippen LogP contribution is 2.23. The number of nitriles is 1. The van der Waals surface area contributed by atoms with E-state index in [2.05, 4.69) is 11.4 Å². The smallest absolute Gasteiger partial charge is 0.232 e. The average molecular weight is 401 g/mol. The number of hydrogen-bond acceptors (Lipinski definition) is 5. The lowest BCUT2D eigenvalue weighted by molar-refractivity contribution is -0.116. The second kappa shape index (κ2) is 9.76. The number of benzene rings is 2. The lowest BCUT2D eigenvalue weighted by Crippen LogP contribution is -2.31. The van der Waals surface area contributed by atoms with Crippen LogP contribution in [0.4, 0.5) is 11.4 Å². The van der Waals surface area contributed by atoms with E-state index in [0.717, 1.165) is 11.8 Å². The molecule has 28 heavy (non-hydrogen) atoms. The van der Waals surface area contributed by atoms with Crippen molar-refractivity contribution >= 4 is 27.3 Å². The highest BCUT2D eigenvalue weighted by molar-refractivity contribution is 7.92. The Morgan fingerprint density at radius 3 is 2.54 bits per heavy atom. The molecular weight excluding hydrogens is 378 g/mol. The van der Waals surface area contributed by atoms with E-state index in [9.17, 15) is 13.2 Å². The molecule has 0 bridgehead atoms. The normalized spacial score (nSPS) is 10.8. The Morgan fingerprint density at radius 2 is 1.93 bits per heavy atom. The maximum Gasteiger partial charge on any atom is 0.232 e. The lowest BCUT2D eigenvalue weighted by atomic mass is 10.1. The summed E-state index contributed by atoms with van der Waals surface area (Å²) in [5.41, 5.74) is 2.01. The van der Waals surface area contributed by atoms with E-state index in [0.29, 0.717) is 30.0 Å². The van der Waals surface area contributed by atoms with Gasteiger partial charge in [-0.15, -0.1) is 0 Å². The van der Waals surface area contributed by atoms with Crippen LogP contribution in [0.3, 0.4) is 0 Å². The number of hydrogen-bond donors (Lipinski definition) is 1. The number of nitrogens with one attached hydrogen (secondary N) is 1. The zero-order valence-electron chi connectivity index (χ0n) is 15.9. The summed E-state index contributed by atoms with van der Waals surface area (Å²) in [6, 6.07) is 15.9. The molecule has 148 valence electrons. The maximum atomic E-state index is 12.1. The Bertz CT molecular complexity index is 950. The molecule has 7 nitrogen and oxygen atoms in total. The van der Waals surface area contributed by atoms with Crippen molar-refractivity contribution in [3.63, 3.8) is 0 Å². The average Bonchev–Trinajstić information content (AvgIpc) is 2.66. The minimum Gasteiger partial charge on any atom is -0.497 e. The van der Waals surface area contributed by atoms with Gasteiger partial charge in [0, 0.05) is 24.7 Å². The monoisotopic (exact) mass is 401 g/mol. The van der Waals surface area contributed by atoms with Crippen LogP contribution < -0.4 is 14.4 Å². The van der Waals surface area contributed by atoms with Gasteiger partial charge in [0.25, 0.3) is 0 Å². The molecule has 0 saturated carbocycles. The number of ether oxygens (including phenoxy) is 1. The Balaban J connectivity index is 1.94. The van der Waals surface area contributed by atoms with Gasteiger partial charge in [0.05, 0.1) is 31.5 Å². The lowest BCUT2D eigenvalue weighted by Gasteiger charge is -2.22. The zero-order chi connectivity index (χ0) is 20.6. The van der Waals surface area contributed by atoms with E-state index < -0.39 is 10.0 Å². The zero-order valence-corrected chi connectivity index (χ0v) is 16.7. The molecule has 8 heteroatoms. The Hall–Kier alpha value is -3.05. The van der Waals surface area contributed by atoms with Crippen LogP contribution >= 0.6 is 0 Å². The Kier molecular flexibility index (Phi) is 7.41. The third-order valence-corrected chi connectivity index (χ3v) is 5.22. The summed E-state index contributed by atoms with van der Waals surface area (Å²) >= 11 is 0. The fraction of sp³-hybridized carbons (Fsp3) is 0.300. The summed E-state index contributed by atoms with van der Waals surface area (Å²) in [6.07, 6.45) is 1.99. The van der Waals surface area contributed by atoms with Crippen LogP contribution in [0.2, 0.25) is 0 Å². The summed E-state index contributed by atoms with van der Waals surface area (Å²) in [4.78, 5) is 12.1. The molecule has 0 aliphatic heterocycles. The standard InChI is InChI=1S/C20H23N3O4S/c1-27-19-6-3-5-18(15-19)23(28(2,25)26)14-4-7-20(24)22-17-10-8-16(9-11-17)12-13-21/h3,5-6,8-11,15H,4,7,12,14H2,1-2H3,(H,22,24). The molecular formula is C20H23N3O4S. The maximum absolute atomic E-state index is 12.1. The minimum absolute atomic E-state index is 0.177. The molecule has 0 spiro atoms. The molecule has 2 aromatic rings. The van der Waals surface area contributed by atoms with Crippen molar-refractivity contribution in [3.8, 4) is 11.8 Å². The number of carbonyl (C=O) groups excluding carboxylic acids is 1. The van der Waals surface area contributed by atoms with Gasteiger partial charge in [0.2, 0.25) is 15.9 Å². The second-order valence-corrected chi connectivity index (χ2v) is 8.13. The molecule has 0 aliphatic rings. The number of sulfonamides is 1. The van der Waals surface area contributed by atoms with Crippen molar-refractivity contribution in [2.24, 2.45) is 0 Å². The molecule has 0 aliphatic carbocycles. The van der Waals surface area contributed by atoms with Crippen LogP contribution in [0.5, 0.6) is 5.75 Å². The number of nitrogens with zero attached hydrogens (tertiary/aromatic N) is 2. The first-order valence-corrected chi connectivity index (χ1v) is 10.6. The predicted molar refractivity (Wildman–Crippen MR) is 109 cm³/mol. The summed E-state index contributed by atoms with van der Waals surface area (Å²) < 4.78 is 30.7. The van der Waals surface area contributed by atoms with Crippen LogP contribution in [0.25, 0.3) is 0 Å². The fourth-order valence-electron chi connectivity index (χ4n) is 2.66. The first-order chi connectivity index (χ1) is 13.3. The Morgan fingerprint density at radius 1 is 1.21 bits per heavy atom. The van der Waals surface area contributed by atoms with Gasteiger partial charge >= 0.3 is 0 Å². The molecule has 0 atom stereocenters. The van der Waals surface area contributed by atoms with Gasteiger partial charge in [-0.1, -0.05) is 18.2 Å². The van der Waals surface area contributed by atoms with Crippen LogP contribution in [-0.4, -0.2) is 34.2 Å². The van der Waals surface area contributed by atoms with Crippen molar-refractivity contribution in [2.45, 2.75) is 19.3 Å². The molecule has 0 unspecified atom stereocenters. The summed E-state index contributed by atoms with van der Waals surface area (Å²) in [6.45, 7) is 0.181. The second-order valence-electron chi connectivity index (χ2n) is 6.22. The van der Waals surface area contributed by atoms with Crippen LogP contribution in [0, 0.1) is 11.3 Å². The van der Waals surface area contributed by atoms with Gasteiger partial charge in [-0.3, -0.25) is 9.10 Å².